The second-order valence-electron chi connectivity index (χ2n) is 7.77. The molecule has 4 nitrogen and oxygen atoms in total. The quantitative estimate of drug-likeness (QED) is 0.842. The Morgan fingerprint density at radius 1 is 1.36 bits per heavy atom. The molecular formula is C18H26N2O2. The van der Waals surface area contributed by atoms with Crippen molar-refractivity contribution in [1.82, 2.24) is 5.32 Å². The van der Waals surface area contributed by atoms with Gasteiger partial charge in [-0.05, 0) is 30.2 Å². The zero-order chi connectivity index (χ0) is 16.0. The largest absolute Gasteiger partial charge is 0.460 e. The highest BCUT2D eigenvalue weighted by atomic mass is 16.5. The van der Waals surface area contributed by atoms with E-state index in [4.69, 9.17) is 10.5 Å². The van der Waals surface area contributed by atoms with Crippen LogP contribution in [0.15, 0.2) is 30.3 Å². The van der Waals surface area contributed by atoms with Crippen LogP contribution in [-0.4, -0.2) is 17.7 Å². The van der Waals surface area contributed by atoms with E-state index in [1.807, 2.05) is 30.3 Å². The topological polar surface area (TPSA) is 64.3 Å². The van der Waals surface area contributed by atoms with E-state index in [0.717, 1.165) is 24.8 Å². The lowest BCUT2D eigenvalue weighted by Crippen LogP contribution is -2.66. The van der Waals surface area contributed by atoms with Gasteiger partial charge in [-0.3, -0.25) is 10.1 Å². The van der Waals surface area contributed by atoms with E-state index in [0.29, 0.717) is 12.6 Å². The lowest BCUT2D eigenvalue weighted by molar-refractivity contribution is -0.172. The fourth-order valence-electron chi connectivity index (χ4n) is 4.35. The number of carbonyl (C=O) groups excluding carboxylic acids is 1. The number of hydrogen-bond donors (Lipinski definition) is 2. The number of hydrogen-bond acceptors (Lipinski definition) is 4. The summed E-state index contributed by atoms with van der Waals surface area (Å²) in [5.41, 5.74) is 6.05. The molecule has 4 heteroatoms. The van der Waals surface area contributed by atoms with Crippen LogP contribution < -0.4 is 11.1 Å². The van der Waals surface area contributed by atoms with E-state index >= 15 is 0 Å². The van der Waals surface area contributed by atoms with Crippen molar-refractivity contribution >= 4 is 5.97 Å². The van der Waals surface area contributed by atoms with Gasteiger partial charge in [0.25, 0.3) is 0 Å². The van der Waals surface area contributed by atoms with Gasteiger partial charge in [-0.15, -0.1) is 0 Å². The summed E-state index contributed by atoms with van der Waals surface area (Å²) in [5.74, 6) is -0.166. The molecule has 2 aliphatic rings. The van der Waals surface area contributed by atoms with Crippen LogP contribution >= 0.6 is 0 Å². The number of carbonyl (C=O) groups is 1. The first-order valence-electron chi connectivity index (χ1n) is 8.06. The molecule has 2 bridgehead atoms. The monoisotopic (exact) mass is 302 g/mol. The maximum Gasteiger partial charge on any atom is 0.316 e. The summed E-state index contributed by atoms with van der Waals surface area (Å²) in [6.45, 7) is 6.58. The minimum atomic E-state index is -0.669. The molecule has 0 amide bonds. The Morgan fingerprint density at radius 3 is 2.55 bits per heavy atom. The summed E-state index contributed by atoms with van der Waals surface area (Å²) in [6.07, 6.45) is 2.64. The Hall–Kier alpha value is -1.39. The highest BCUT2D eigenvalue weighted by Gasteiger charge is 2.69. The summed E-state index contributed by atoms with van der Waals surface area (Å²) >= 11 is 0. The van der Waals surface area contributed by atoms with Crippen LogP contribution in [0.3, 0.4) is 0 Å². The molecule has 0 spiro atoms. The Balaban J connectivity index is 1.84. The zero-order valence-corrected chi connectivity index (χ0v) is 13.7. The van der Waals surface area contributed by atoms with Crippen LogP contribution in [0.4, 0.5) is 0 Å². The van der Waals surface area contributed by atoms with E-state index in [1.54, 1.807) is 0 Å². The van der Waals surface area contributed by atoms with Gasteiger partial charge in [-0.25, -0.2) is 0 Å². The van der Waals surface area contributed by atoms with Gasteiger partial charge in [0.15, 0.2) is 0 Å². The van der Waals surface area contributed by atoms with Gasteiger partial charge in [-0.1, -0.05) is 51.1 Å². The van der Waals surface area contributed by atoms with Gasteiger partial charge in [0.2, 0.25) is 0 Å². The van der Waals surface area contributed by atoms with Crippen molar-refractivity contribution in [3.8, 4) is 0 Å². The summed E-state index contributed by atoms with van der Waals surface area (Å²) in [6, 6.07) is 10.1. The first-order chi connectivity index (χ1) is 10.3. The number of nitrogens with one attached hydrogen (secondary N) is 1. The SMILES string of the molecule is CC(C)(C)C1(C(=O)OCc2ccccc2)CC2CCC1(N)N2. The maximum atomic E-state index is 13.0. The van der Waals surface area contributed by atoms with E-state index in [1.165, 1.54) is 0 Å². The van der Waals surface area contributed by atoms with Crippen LogP contribution in [0.1, 0.15) is 45.6 Å². The van der Waals surface area contributed by atoms with Crippen molar-refractivity contribution in [2.75, 3.05) is 0 Å². The van der Waals surface area contributed by atoms with E-state index in [-0.39, 0.29) is 11.4 Å². The Morgan fingerprint density at radius 2 is 2.05 bits per heavy atom. The summed E-state index contributed by atoms with van der Waals surface area (Å²) < 4.78 is 5.70. The third kappa shape index (κ3) is 2.17. The first-order valence-corrected chi connectivity index (χ1v) is 8.06. The fourth-order valence-corrected chi connectivity index (χ4v) is 4.35. The second kappa shape index (κ2) is 5.07. The number of ether oxygens (including phenoxy) is 1. The van der Waals surface area contributed by atoms with Crippen LogP contribution in [-0.2, 0) is 16.1 Å². The number of fused-ring (bicyclic) bond motifs is 2. The average molecular weight is 302 g/mol. The molecule has 22 heavy (non-hydrogen) atoms. The predicted octanol–water partition coefficient (Wildman–Crippen LogP) is 2.57. The number of nitrogens with two attached hydrogens (primary N) is 1. The standard InChI is InChI=1S/C18H26N2O2/c1-16(2,3)17(11-14-9-10-18(17,19)20-14)15(21)22-12-13-7-5-4-6-8-13/h4-8,14,20H,9-12,19H2,1-3H3. The molecule has 0 saturated carbocycles. The lowest BCUT2D eigenvalue weighted by Gasteiger charge is -2.49. The molecule has 3 atom stereocenters. The molecule has 2 heterocycles. The molecule has 3 rings (SSSR count). The average Bonchev–Trinajstić information content (AvgIpc) is 2.98. The Kier molecular flexibility index (Phi) is 3.57. The second-order valence-corrected chi connectivity index (χ2v) is 7.77. The maximum absolute atomic E-state index is 13.0. The van der Waals surface area contributed by atoms with Gasteiger partial charge in [0.05, 0.1) is 5.66 Å². The third-order valence-electron chi connectivity index (χ3n) is 5.50. The highest BCUT2D eigenvalue weighted by Crippen LogP contribution is 2.58. The minimum absolute atomic E-state index is 0.166. The molecule has 0 aromatic heterocycles. The predicted molar refractivity (Wildman–Crippen MR) is 85.8 cm³/mol. The molecule has 2 fully saturated rings. The number of benzene rings is 1. The van der Waals surface area contributed by atoms with E-state index in [2.05, 4.69) is 26.1 Å². The van der Waals surface area contributed by atoms with Gasteiger partial charge in [0.1, 0.15) is 12.0 Å². The molecule has 120 valence electrons. The van der Waals surface area contributed by atoms with E-state index < -0.39 is 11.1 Å². The van der Waals surface area contributed by atoms with Crippen molar-refractivity contribution in [1.29, 1.82) is 0 Å². The lowest BCUT2D eigenvalue weighted by atomic mass is 9.56. The van der Waals surface area contributed by atoms with Gasteiger partial charge in [0, 0.05) is 6.04 Å². The van der Waals surface area contributed by atoms with Crippen molar-refractivity contribution < 1.29 is 9.53 Å². The molecule has 1 aromatic carbocycles. The molecule has 2 saturated heterocycles. The molecule has 3 unspecified atom stereocenters. The van der Waals surface area contributed by atoms with Crippen molar-refractivity contribution in [3.63, 3.8) is 0 Å². The third-order valence-corrected chi connectivity index (χ3v) is 5.50. The van der Waals surface area contributed by atoms with Gasteiger partial charge >= 0.3 is 5.97 Å². The molecule has 1 aromatic rings. The molecule has 0 aliphatic carbocycles. The van der Waals surface area contributed by atoms with E-state index in [9.17, 15) is 4.79 Å². The first kappa shape index (κ1) is 15.5. The Bertz CT molecular complexity index is 566. The van der Waals surface area contributed by atoms with Crippen LogP contribution in [0.2, 0.25) is 0 Å². The van der Waals surface area contributed by atoms with Crippen molar-refractivity contribution in [2.24, 2.45) is 16.6 Å². The van der Waals surface area contributed by atoms with Crippen molar-refractivity contribution in [3.05, 3.63) is 35.9 Å². The number of rotatable bonds is 3. The summed E-state index contributed by atoms with van der Waals surface area (Å²) in [7, 11) is 0. The molecule has 2 aliphatic heterocycles. The van der Waals surface area contributed by atoms with Crippen LogP contribution in [0.25, 0.3) is 0 Å². The highest BCUT2D eigenvalue weighted by molar-refractivity contribution is 5.81. The smallest absolute Gasteiger partial charge is 0.316 e. The van der Waals surface area contributed by atoms with Gasteiger partial charge < -0.3 is 10.5 Å². The summed E-state index contributed by atoms with van der Waals surface area (Å²) in [4.78, 5) is 13.0. The van der Waals surface area contributed by atoms with Gasteiger partial charge in [-0.2, -0.15) is 0 Å². The van der Waals surface area contributed by atoms with Crippen LogP contribution in [0.5, 0.6) is 0 Å². The minimum Gasteiger partial charge on any atom is -0.460 e. The summed E-state index contributed by atoms with van der Waals surface area (Å²) in [5, 5.41) is 3.46. The zero-order valence-electron chi connectivity index (χ0n) is 13.7. The molecule has 0 radical (unpaired) electrons. The number of esters is 1. The normalized spacial score (nSPS) is 33.9. The fraction of sp³-hybridized carbons (Fsp3) is 0.611. The molecule has 3 N–H and O–H groups in total. The van der Waals surface area contributed by atoms with Crippen LogP contribution in [0, 0.1) is 10.8 Å². The van der Waals surface area contributed by atoms with Crippen molar-refractivity contribution in [2.45, 2.75) is 58.3 Å². The Labute approximate surface area is 132 Å². The molecular weight excluding hydrogens is 276 g/mol.